The predicted molar refractivity (Wildman–Crippen MR) is 89.6 cm³/mol. The van der Waals surface area contributed by atoms with Gasteiger partial charge in [0.05, 0.1) is 5.69 Å². The van der Waals surface area contributed by atoms with Gasteiger partial charge in [-0.1, -0.05) is 11.6 Å². The Kier molecular flexibility index (Phi) is 4.98. The number of aromatic hydroxyl groups is 2. The molecule has 0 saturated heterocycles. The van der Waals surface area contributed by atoms with Crippen LogP contribution in [0, 0.1) is 6.42 Å². The summed E-state index contributed by atoms with van der Waals surface area (Å²) in [7, 11) is 0. The standard InChI is InChI=1S/C16H14ClNO3.BrH/c17-15-12-3-1-2-8-18(10-4-6-11(19)7-5-10)13(12)9-14(20)16(15)21;/h4-7,9,19-21H,1,3,8H2;1H/q+1;/p-1. The van der Waals surface area contributed by atoms with Crippen molar-refractivity contribution in [1.82, 2.24) is 0 Å². The lowest BCUT2D eigenvalue weighted by molar-refractivity contribution is -0.270. The molecular weight excluding hydrogens is 370 g/mol. The van der Waals surface area contributed by atoms with Crippen molar-refractivity contribution in [2.24, 2.45) is 0 Å². The van der Waals surface area contributed by atoms with Crippen LogP contribution in [0.1, 0.15) is 12.0 Å². The third-order valence-corrected chi connectivity index (χ3v) is 3.95. The summed E-state index contributed by atoms with van der Waals surface area (Å²) in [6.45, 7) is 0.520. The van der Waals surface area contributed by atoms with E-state index in [1.54, 1.807) is 24.3 Å². The van der Waals surface area contributed by atoms with E-state index in [4.69, 9.17) is 11.6 Å². The fraction of sp³-hybridized carbons (Fsp3) is 0.188. The Morgan fingerprint density at radius 1 is 1.18 bits per heavy atom. The minimum Gasteiger partial charge on any atom is -0.869 e. The van der Waals surface area contributed by atoms with Crippen LogP contribution < -0.4 is 10.0 Å². The van der Waals surface area contributed by atoms with Crippen LogP contribution in [0.4, 0.5) is 11.4 Å². The number of rotatable bonds is 1. The van der Waals surface area contributed by atoms with Crippen LogP contribution in [0.15, 0.2) is 30.3 Å². The van der Waals surface area contributed by atoms with Crippen molar-refractivity contribution in [3.05, 3.63) is 47.3 Å². The quantitative estimate of drug-likeness (QED) is 0.739. The Bertz CT molecular complexity index is 676. The lowest BCUT2D eigenvalue weighted by Crippen LogP contribution is -2.18. The van der Waals surface area contributed by atoms with Crippen LogP contribution in [-0.4, -0.2) is 16.8 Å². The summed E-state index contributed by atoms with van der Waals surface area (Å²) in [6.07, 6.45) is 4.54. The Morgan fingerprint density at radius 2 is 1.86 bits per heavy atom. The number of phenolic OH excluding ortho intramolecular Hbond substituents is 2. The maximum Gasteiger partial charge on any atom is 0.296 e. The molecule has 2 aromatic carbocycles. The molecule has 0 fully saturated rings. The third kappa shape index (κ3) is 2.91. The molecule has 0 spiro atoms. The molecular formula is C16H14BrClNO3. The molecule has 0 bridgehead atoms. The zero-order chi connectivity index (χ0) is 15.0. The highest BCUT2D eigenvalue weighted by atomic mass is 79.9. The minimum atomic E-state index is -0.539. The molecule has 4 nitrogen and oxygen atoms in total. The highest BCUT2D eigenvalue weighted by molar-refractivity contribution is 8.93. The molecule has 3 rings (SSSR count). The van der Waals surface area contributed by atoms with Crippen molar-refractivity contribution in [3.63, 3.8) is 0 Å². The topological polar surface area (TPSA) is 66.8 Å². The van der Waals surface area contributed by atoms with E-state index in [1.165, 1.54) is 6.07 Å². The predicted octanol–water partition coefficient (Wildman–Crippen LogP) is 3.57. The minimum absolute atomic E-state index is 0. The summed E-state index contributed by atoms with van der Waals surface area (Å²) < 4.78 is 0. The highest BCUT2D eigenvalue weighted by Crippen LogP contribution is 2.44. The van der Waals surface area contributed by atoms with Gasteiger partial charge in [-0.15, -0.1) is 17.0 Å². The van der Waals surface area contributed by atoms with Crippen molar-refractivity contribution >= 4 is 40.0 Å². The summed E-state index contributed by atoms with van der Waals surface area (Å²) in [4.78, 5) is 1.91. The highest BCUT2D eigenvalue weighted by Gasteiger charge is 2.27. The second-order valence-electron chi connectivity index (χ2n) is 4.89. The van der Waals surface area contributed by atoms with Crippen molar-refractivity contribution in [2.45, 2.75) is 12.8 Å². The summed E-state index contributed by atoms with van der Waals surface area (Å²) in [5.41, 5.74) is 2.25. The van der Waals surface area contributed by atoms with E-state index in [0.29, 0.717) is 25.1 Å². The van der Waals surface area contributed by atoms with E-state index in [2.05, 4.69) is 6.42 Å². The van der Waals surface area contributed by atoms with Crippen LogP contribution in [0.2, 0.25) is 5.02 Å². The number of hydrogen-bond donors (Lipinski definition) is 2. The van der Waals surface area contributed by atoms with E-state index >= 15 is 0 Å². The molecule has 22 heavy (non-hydrogen) atoms. The average Bonchev–Trinajstić information content (AvgIpc) is 2.68. The Hall–Kier alpha value is -1.72. The van der Waals surface area contributed by atoms with E-state index in [-0.39, 0.29) is 33.5 Å². The van der Waals surface area contributed by atoms with Gasteiger partial charge in [0.1, 0.15) is 17.9 Å². The van der Waals surface area contributed by atoms with Crippen LogP contribution >= 0.6 is 28.6 Å². The third-order valence-electron chi connectivity index (χ3n) is 3.55. The maximum absolute atomic E-state index is 11.8. The summed E-state index contributed by atoms with van der Waals surface area (Å²) in [5, 5.41) is 31.0. The second-order valence-corrected chi connectivity index (χ2v) is 5.27. The van der Waals surface area contributed by atoms with Crippen molar-refractivity contribution in [2.75, 3.05) is 11.4 Å². The van der Waals surface area contributed by atoms with E-state index in [9.17, 15) is 15.3 Å². The van der Waals surface area contributed by atoms with Gasteiger partial charge in [-0.25, -0.2) is 0 Å². The van der Waals surface area contributed by atoms with Crippen molar-refractivity contribution in [3.8, 4) is 17.2 Å². The Labute approximate surface area is 144 Å². The zero-order valence-electron chi connectivity index (χ0n) is 11.5. The Balaban J connectivity index is 0.00000176. The first-order valence-corrected chi connectivity index (χ1v) is 6.94. The summed E-state index contributed by atoms with van der Waals surface area (Å²) >= 11 is 6.10. The van der Waals surface area contributed by atoms with Crippen LogP contribution in [0.3, 0.4) is 0 Å². The van der Waals surface area contributed by atoms with E-state index in [0.717, 1.165) is 11.3 Å². The number of halogens is 2. The van der Waals surface area contributed by atoms with Gasteiger partial charge in [-0.05, 0) is 35.6 Å². The lowest BCUT2D eigenvalue weighted by atomic mass is 10.1. The monoisotopic (exact) mass is 382 g/mol. The van der Waals surface area contributed by atoms with Gasteiger partial charge in [-0.2, -0.15) is 0 Å². The molecule has 2 N–H and O–H groups in total. The lowest BCUT2D eigenvalue weighted by Gasteiger charge is -2.24. The molecule has 0 aliphatic carbocycles. The molecule has 1 radical (unpaired) electrons. The van der Waals surface area contributed by atoms with Gasteiger partial charge in [0.25, 0.3) is 6.42 Å². The van der Waals surface area contributed by atoms with Crippen LogP contribution in [0.5, 0.6) is 17.2 Å². The molecule has 1 heterocycles. The second kappa shape index (κ2) is 6.58. The molecule has 0 saturated carbocycles. The van der Waals surface area contributed by atoms with Gasteiger partial charge in [0.2, 0.25) is 6.54 Å². The number of benzene rings is 2. The maximum atomic E-state index is 11.8. The SMILES string of the molecule is Br.[O-]c1c(O)cc2c(c1Cl)CC[C+]CN2c1ccc(O)cc1. The average molecular weight is 384 g/mol. The number of hydrogen-bond acceptors (Lipinski definition) is 4. The zero-order valence-corrected chi connectivity index (χ0v) is 14.0. The van der Waals surface area contributed by atoms with Crippen molar-refractivity contribution in [1.29, 1.82) is 0 Å². The molecule has 0 aromatic heterocycles. The number of nitrogens with zero attached hydrogens (tertiary/aromatic N) is 1. The normalized spacial score (nSPS) is 13.6. The Morgan fingerprint density at radius 3 is 2.55 bits per heavy atom. The van der Waals surface area contributed by atoms with Crippen molar-refractivity contribution < 1.29 is 15.3 Å². The summed E-state index contributed by atoms with van der Waals surface area (Å²) in [5.74, 6) is -0.718. The van der Waals surface area contributed by atoms with Crippen LogP contribution in [0.25, 0.3) is 0 Å². The van der Waals surface area contributed by atoms with Gasteiger partial charge in [0.15, 0.2) is 0 Å². The van der Waals surface area contributed by atoms with Gasteiger partial charge >= 0.3 is 0 Å². The first kappa shape index (κ1) is 16.6. The van der Waals surface area contributed by atoms with Gasteiger partial charge in [0, 0.05) is 23.2 Å². The molecule has 2 aromatic rings. The molecule has 0 atom stereocenters. The number of phenols is 2. The van der Waals surface area contributed by atoms with E-state index < -0.39 is 5.75 Å². The molecule has 0 unspecified atom stereocenters. The van der Waals surface area contributed by atoms with Crippen LogP contribution in [-0.2, 0) is 6.42 Å². The summed E-state index contributed by atoms with van der Waals surface area (Å²) in [6, 6.07) is 8.15. The fourth-order valence-corrected chi connectivity index (χ4v) is 2.76. The first-order chi connectivity index (χ1) is 10.1. The molecule has 115 valence electrons. The molecule has 6 heteroatoms. The smallest absolute Gasteiger partial charge is 0.296 e. The first-order valence-electron chi connectivity index (χ1n) is 6.56. The van der Waals surface area contributed by atoms with E-state index in [1.807, 2.05) is 4.90 Å². The number of anilines is 2. The van der Waals surface area contributed by atoms with Gasteiger partial charge < -0.3 is 15.3 Å². The molecule has 1 aliphatic heterocycles. The largest absolute Gasteiger partial charge is 0.869 e. The molecule has 0 amide bonds. The number of fused-ring (bicyclic) bond motifs is 1. The van der Waals surface area contributed by atoms with Gasteiger partial charge in [-0.3, -0.25) is 4.90 Å². The fourth-order valence-electron chi connectivity index (χ4n) is 2.48. The molecule has 1 aliphatic rings.